The average molecular weight is 499 g/mol. The van der Waals surface area contributed by atoms with Crippen molar-refractivity contribution < 1.29 is 4.79 Å². The van der Waals surface area contributed by atoms with Crippen molar-refractivity contribution in [2.75, 3.05) is 11.1 Å². The van der Waals surface area contributed by atoms with Gasteiger partial charge in [0, 0.05) is 16.6 Å². The van der Waals surface area contributed by atoms with Gasteiger partial charge in [0.2, 0.25) is 5.91 Å². The van der Waals surface area contributed by atoms with Crippen LogP contribution < -0.4 is 5.32 Å². The quantitative estimate of drug-likeness (QED) is 0.232. The van der Waals surface area contributed by atoms with E-state index in [1.54, 1.807) is 0 Å². The summed E-state index contributed by atoms with van der Waals surface area (Å²) in [5.41, 5.74) is 6.20. The third-order valence-electron chi connectivity index (χ3n) is 5.52. The Bertz CT molecular complexity index is 1440. The van der Waals surface area contributed by atoms with Crippen LogP contribution in [0.1, 0.15) is 19.4 Å². The summed E-state index contributed by atoms with van der Waals surface area (Å²) in [6.07, 6.45) is 1.06. The molecule has 0 unspecified atom stereocenters. The molecule has 0 saturated heterocycles. The maximum atomic E-state index is 12.7. The number of amides is 1. The first kappa shape index (κ1) is 23.3. The number of nitrogens with one attached hydrogen (secondary N) is 1. The Hall–Kier alpha value is -3.42. The van der Waals surface area contributed by atoms with Gasteiger partial charge in [-0.2, -0.15) is 0 Å². The average Bonchev–Trinajstić information content (AvgIpc) is 3.48. The van der Waals surface area contributed by atoms with Crippen LogP contribution in [0.3, 0.4) is 0 Å². The smallest absolute Gasteiger partial charge is 0.236 e. The Morgan fingerprint density at radius 3 is 2.49 bits per heavy atom. The van der Waals surface area contributed by atoms with E-state index >= 15 is 0 Å². The number of carbonyl (C=O) groups is 1. The molecule has 0 atom stereocenters. The van der Waals surface area contributed by atoms with Crippen LogP contribution in [0.5, 0.6) is 0 Å². The summed E-state index contributed by atoms with van der Waals surface area (Å²) < 4.78 is 2.09. The minimum atomic E-state index is -0.102. The van der Waals surface area contributed by atoms with E-state index in [1.807, 2.05) is 60.0 Å². The van der Waals surface area contributed by atoms with E-state index in [0.29, 0.717) is 11.0 Å². The molecular weight excluding hydrogens is 472 g/mol. The number of nitrogens with zero attached hydrogens (tertiary/aromatic N) is 3. The first-order chi connectivity index (χ1) is 17.1. The number of anilines is 1. The molecule has 0 spiro atoms. The summed E-state index contributed by atoms with van der Waals surface area (Å²) >= 11 is 2.86. The highest BCUT2D eigenvalue weighted by Crippen LogP contribution is 2.29. The number of carbonyl (C=O) groups excluding carboxylic acids is 1. The molecule has 0 fully saturated rings. The number of hydrogen-bond donors (Lipinski definition) is 1. The number of fused-ring (bicyclic) bond motifs is 1. The first-order valence-electron chi connectivity index (χ1n) is 11.6. The molecule has 1 amide bonds. The number of rotatable bonds is 8. The van der Waals surface area contributed by atoms with E-state index < -0.39 is 0 Å². The zero-order valence-corrected chi connectivity index (χ0v) is 21.3. The van der Waals surface area contributed by atoms with Gasteiger partial charge in [-0.3, -0.25) is 9.36 Å². The molecule has 3 aromatic carbocycles. The van der Waals surface area contributed by atoms with E-state index in [-0.39, 0.29) is 11.7 Å². The number of imidazole rings is 1. The van der Waals surface area contributed by atoms with Gasteiger partial charge in [0.05, 0.1) is 22.5 Å². The molecule has 0 aliphatic carbocycles. The number of para-hydroxylation sites is 3. The van der Waals surface area contributed by atoms with Crippen LogP contribution in [0.15, 0.2) is 89.4 Å². The molecule has 5 aromatic rings. The number of hydrogen-bond acceptors (Lipinski definition) is 5. The summed E-state index contributed by atoms with van der Waals surface area (Å²) in [5.74, 6) is 0.772. The van der Waals surface area contributed by atoms with Crippen LogP contribution in [0.4, 0.5) is 5.13 Å². The number of thiazole rings is 1. The van der Waals surface area contributed by atoms with Gasteiger partial charge in [0.25, 0.3) is 0 Å². The van der Waals surface area contributed by atoms with Gasteiger partial charge in [-0.15, -0.1) is 11.3 Å². The van der Waals surface area contributed by atoms with Crippen molar-refractivity contribution in [2.45, 2.75) is 25.4 Å². The summed E-state index contributed by atoms with van der Waals surface area (Å²) in [7, 11) is 0. The van der Waals surface area contributed by atoms with E-state index in [9.17, 15) is 4.79 Å². The molecule has 176 valence electrons. The largest absolute Gasteiger partial charge is 0.301 e. The molecule has 0 radical (unpaired) electrons. The molecule has 5 nitrogen and oxygen atoms in total. The molecule has 0 saturated carbocycles. The third-order valence-corrected chi connectivity index (χ3v) is 7.22. The van der Waals surface area contributed by atoms with Gasteiger partial charge in [0.1, 0.15) is 0 Å². The topological polar surface area (TPSA) is 59.8 Å². The molecule has 0 aliphatic heterocycles. The predicted octanol–water partition coefficient (Wildman–Crippen LogP) is 7.08. The fourth-order valence-corrected chi connectivity index (χ4v) is 5.52. The van der Waals surface area contributed by atoms with Crippen molar-refractivity contribution in [3.63, 3.8) is 0 Å². The summed E-state index contributed by atoms with van der Waals surface area (Å²) in [6, 6.07) is 26.6. The lowest BCUT2D eigenvalue weighted by atomic mass is 10.0. The van der Waals surface area contributed by atoms with Crippen molar-refractivity contribution in [3.8, 4) is 16.9 Å². The lowest BCUT2D eigenvalue weighted by Gasteiger charge is -2.08. The van der Waals surface area contributed by atoms with Crippen molar-refractivity contribution in [1.82, 2.24) is 14.5 Å². The summed E-state index contributed by atoms with van der Waals surface area (Å²) in [6.45, 7) is 4.44. The molecule has 0 aliphatic rings. The lowest BCUT2D eigenvalue weighted by Crippen LogP contribution is -2.14. The Morgan fingerprint density at radius 1 is 0.971 bits per heavy atom. The predicted molar refractivity (Wildman–Crippen MR) is 147 cm³/mol. The minimum Gasteiger partial charge on any atom is -0.301 e. The zero-order valence-electron chi connectivity index (χ0n) is 19.6. The van der Waals surface area contributed by atoms with E-state index in [4.69, 9.17) is 4.98 Å². The zero-order chi connectivity index (χ0) is 24.2. The Labute approximate surface area is 213 Å². The molecule has 35 heavy (non-hydrogen) atoms. The van der Waals surface area contributed by atoms with Gasteiger partial charge in [-0.1, -0.05) is 80.2 Å². The first-order valence-corrected chi connectivity index (χ1v) is 13.4. The second-order valence-electron chi connectivity index (χ2n) is 8.72. The van der Waals surface area contributed by atoms with Crippen molar-refractivity contribution >= 4 is 45.2 Å². The standard InChI is InChI=1S/C28H26N4OS2/c1-19(2)16-20-12-14-21(15-13-20)24-17-34-27(29-24)31-26(33)18-35-28-30-23-10-6-7-11-25(23)32(28)22-8-4-3-5-9-22/h3-15,17,19H,16,18H2,1-2H3,(H,29,31,33). The monoisotopic (exact) mass is 498 g/mol. The van der Waals surface area contributed by atoms with E-state index in [0.717, 1.165) is 39.6 Å². The van der Waals surface area contributed by atoms with Gasteiger partial charge < -0.3 is 5.32 Å². The van der Waals surface area contributed by atoms with Crippen LogP contribution in [-0.2, 0) is 11.2 Å². The molecule has 0 bridgehead atoms. The minimum absolute atomic E-state index is 0.102. The highest BCUT2D eigenvalue weighted by molar-refractivity contribution is 7.99. The number of thioether (sulfide) groups is 1. The molecule has 2 aromatic heterocycles. The van der Waals surface area contributed by atoms with Crippen LogP contribution >= 0.6 is 23.1 Å². The van der Waals surface area contributed by atoms with Crippen molar-refractivity contribution in [3.05, 3.63) is 89.8 Å². The maximum absolute atomic E-state index is 12.7. The summed E-state index contributed by atoms with van der Waals surface area (Å²) in [5, 5.41) is 6.32. The summed E-state index contributed by atoms with van der Waals surface area (Å²) in [4.78, 5) is 22.1. The highest BCUT2D eigenvalue weighted by Gasteiger charge is 2.15. The van der Waals surface area contributed by atoms with Crippen LogP contribution in [0.25, 0.3) is 28.0 Å². The second-order valence-corrected chi connectivity index (χ2v) is 10.5. The normalized spacial score (nSPS) is 11.3. The molecule has 2 heterocycles. The highest BCUT2D eigenvalue weighted by atomic mass is 32.2. The van der Waals surface area contributed by atoms with Crippen LogP contribution in [-0.4, -0.2) is 26.2 Å². The van der Waals surface area contributed by atoms with E-state index in [1.165, 1.54) is 28.7 Å². The fourth-order valence-electron chi connectivity index (χ4n) is 3.96. The Morgan fingerprint density at radius 2 is 1.71 bits per heavy atom. The molecule has 5 rings (SSSR count). The van der Waals surface area contributed by atoms with Gasteiger partial charge >= 0.3 is 0 Å². The Kier molecular flexibility index (Phi) is 6.97. The molecular formula is C28H26N4OS2. The SMILES string of the molecule is CC(C)Cc1ccc(-c2csc(NC(=O)CSc3nc4ccccc4n3-c3ccccc3)n2)cc1. The second kappa shape index (κ2) is 10.5. The van der Waals surface area contributed by atoms with Gasteiger partial charge in [-0.25, -0.2) is 9.97 Å². The molecule has 1 N–H and O–H groups in total. The fraction of sp³-hybridized carbons (Fsp3) is 0.179. The van der Waals surface area contributed by atoms with Crippen molar-refractivity contribution in [1.29, 1.82) is 0 Å². The van der Waals surface area contributed by atoms with Crippen LogP contribution in [0, 0.1) is 5.92 Å². The van der Waals surface area contributed by atoms with E-state index in [2.05, 4.69) is 53.0 Å². The lowest BCUT2D eigenvalue weighted by molar-refractivity contribution is -0.113. The van der Waals surface area contributed by atoms with Gasteiger partial charge in [0.15, 0.2) is 10.3 Å². The maximum Gasteiger partial charge on any atom is 0.236 e. The number of benzene rings is 3. The van der Waals surface area contributed by atoms with Gasteiger partial charge in [-0.05, 0) is 42.2 Å². The van der Waals surface area contributed by atoms with Crippen molar-refractivity contribution in [2.24, 2.45) is 5.92 Å². The number of aromatic nitrogens is 3. The Balaban J connectivity index is 1.26. The third kappa shape index (κ3) is 5.47. The molecule has 7 heteroatoms. The van der Waals surface area contributed by atoms with Crippen LogP contribution in [0.2, 0.25) is 0 Å².